The fraction of sp³-hybridized carbons (Fsp3) is 0.182. The van der Waals surface area contributed by atoms with E-state index in [4.69, 9.17) is 4.74 Å². The molecule has 3 N–H and O–H groups in total. The molecule has 9 nitrogen and oxygen atoms in total. The molecule has 1 aromatic carbocycles. The molecule has 0 bridgehead atoms. The average molecular weight is 415 g/mol. The summed E-state index contributed by atoms with van der Waals surface area (Å²) in [6.45, 7) is 0.198. The van der Waals surface area contributed by atoms with Crippen molar-refractivity contribution in [2.24, 2.45) is 0 Å². The number of urea groups is 1. The summed E-state index contributed by atoms with van der Waals surface area (Å²) in [4.78, 5) is 46.5. The van der Waals surface area contributed by atoms with E-state index in [0.29, 0.717) is 23.6 Å². The summed E-state index contributed by atoms with van der Waals surface area (Å²) in [7, 11) is 1.53. The van der Waals surface area contributed by atoms with Gasteiger partial charge < -0.3 is 19.9 Å². The first-order chi connectivity index (χ1) is 15.0. The molecular weight excluding hydrogens is 398 g/mol. The highest BCUT2D eigenvalue weighted by Gasteiger charge is 2.48. The number of imide groups is 1. The van der Waals surface area contributed by atoms with E-state index in [1.165, 1.54) is 12.0 Å². The van der Waals surface area contributed by atoms with E-state index in [9.17, 15) is 14.4 Å². The van der Waals surface area contributed by atoms with E-state index in [-0.39, 0.29) is 12.5 Å². The van der Waals surface area contributed by atoms with Crippen molar-refractivity contribution in [2.45, 2.75) is 12.1 Å². The zero-order valence-corrected chi connectivity index (χ0v) is 16.5. The Balaban J connectivity index is 1.50. The fourth-order valence-electron chi connectivity index (χ4n) is 3.85. The number of methoxy groups -OCH3 is 1. The number of carbonyl (C=O) groups is 3. The van der Waals surface area contributed by atoms with Gasteiger partial charge in [-0.2, -0.15) is 0 Å². The standard InChI is InChI=1S/C22H17N5O4/c1-31-15-3-2-14-11-27(19(28)16(14)10-15)12-22(20(29)25-21(30)26-22)7-4-17-18-13(5-8-23-17)6-9-24-18/h2-3,5-6,8-10,24H,11-12H2,1H3,(H2,25,26,29,30)/t22-/m1/s1. The van der Waals surface area contributed by atoms with Gasteiger partial charge in [-0.3, -0.25) is 14.9 Å². The Kier molecular flexibility index (Phi) is 4.15. The van der Waals surface area contributed by atoms with Gasteiger partial charge in [-0.1, -0.05) is 12.0 Å². The molecule has 0 radical (unpaired) electrons. The van der Waals surface area contributed by atoms with Gasteiger partial charge in [0.2, 0.25) is 5.54 Å². The number of aromatic amines is 1. The van der Waals surface area contributed by atoms with Gasteiger partial charge in [-0.25, -0.2) is 9.78 Å². The lowest BCUT2D eigenvalue weighted by Crippen LogP contribution is -2.54. The zero-order chi connectivity index (χ0) is 21.6. The van der Waals surface area contributed by atoms with Gasteiger partial charge in [0.1, 0.15) is 11.4 Å². The highest BCUT2D eigenvalue weighted by Crippen LogP contribution is 2.28. The van der Waals surface area contributed by atoms with E-state index in [0.717, 1.165) is 16.5 Å². The Morgan fingerprint density at radius 2 is 2.10 bits per heavy atom. The van der Waals surface area contributed by atoms with E-state index in [1.807, 2.05) is 18.2 Å². The number of nitrogens with zero attached hydrogens (tertiary/aromatic N) is 2. The van der Waals surface area contributed by atoms with Gasteiger partial charge in [0, 0.05) is 29.9 Å². The maximum absolute atomic E-state index is 13.0. The molecule has 1 fully saturated rings. The first kappa shape index (κ1) is 18.7. The number of rotatable bonds is 3. The van der Waals surface area contributed by atoms with Gasteiger partial charge in [-0.05, 0) is 35.7 Å². The topological polar surface area (TPSA) is 116 Å². The molecule has 2 aromatic heterocycles. The molecule has 3 aromatic rings. The van der Waals surface area contributed by atoms with Crippen LogP contribution >= 0.6 is 0 Å². The maximum atomic E-state index is 13.0. The van der Waals surface area contributed by atoms with E-state index in [2.05, 4.69) is 32.4 Å². The van der Waals surface area contributed by atoms with Crippen molar-refractivity contribution in [1.82, 2.24) is 25.5 Å². The second kappa shape index (κ2) is 6.88. The summed E-state index contributed by atoms with van der Waals surface area (Å²) < 4.78 is 5.20. The number of ether oxygens (including phenoxy) is 1. The van der Waals surface area contributed by atoms with Gasteiger partial charge in [-0.15, -0.1) is 0 Å². The summed E-state index contributed by atoms with van der Waals surface area (Å²) in [5.74, 6) is 5.49. The third-order valence-corrected chi connectivity index (χ3v) is 5.43. The summed E-state index contributed by atoms with van der Waals surface area (Å²) in [6, 6.07) is 8.32. The number of benzene rings is 1. The van der Waals surface area contributed by atoms with E-state index < -0.39 is 17.5 Å². The lowest BCUT2D eigenvalue weighted by Gasteiger charge is -2.26. The largest absolute Gasteiger partial charge is 0.497 e. The number of nitrogens with one attached hydrogen (secondary N) is 3. The minimum atomic E-state index is -1.59. The molecule has 0 unspecified atom stereocenters. The van der Waals surface area contributed by atoms with E-state index >= 15 is 0 Å². The third kappa shape index (κ3) is 3.05. The Bertz CT molecular complexity index is 1320. The fourth-order valence-corrected chi connectivity index (χ4v) is 3.85. The quantitative estimate of drug-likeness (QED) is 0.438. The van der Waals surface area contributed by atoms with E-state index in [1.54, 1.807) is 24.5 Å². The Labute approximate surface area is 176 Å². The third-order valence-electron chi connectivity index (χ3n) is 5.43. The van der Waals surface area contributed by atoms with Crippen molar-refractivity contribution >= 4 is 28.7 Å². The lowest BCUT2D eigenvalue weighted by atomic mass is 9.99. The van der Waals surface area contributed by atoms with Crippen LogP contribution in [0.4, 0.5) is 4.79 Å². The summed E-state index contributed by atoms with van der Waals surface area (Å²) in [6.07, 6.45) is 3.39. The number of hydrogen-bond acceptors (Lipinski definition) is 5. The van der Waals surface area contributed by atoms with Crippen molar-refractivity contribution < 1.29 is 19.1 Å². The van der Waals surface area contributed by atoms with Crippen LogP contribution < -0.4 is 15.4 Å². The molecule has 9 heteroatoms. The van der Waals surface area contributed by atoms with Crippen LogP contribution in [-0.2, 0) is 11.3 Å². The summed E-state index contributed by atoms with van der Waals surface area (Å²) in [5, 5.41) is 5.75. The number of amides is 4. The highest BCUT2D eigenvalue weighted by atomic mass is 16.5. The summed E-state index contributed by atoms with van der Waals surface area (Å²) >= 11 is 0. The molecule has 0 saturated carbocycles. The normalized spacial score (nSPS) is 19.6. The van der Waals surface area contributed by atoms with Crippen LogP contribution in [0, 0.1) is 11.8 Å². The van der Waals surface area contributed by atoms with Crippen LogP contribution in [0.25, 0.3) is 10.9 Å². The average Bonchev–Trinajstić information content (AvgIpc) is 3.43. The molecule has 0 spiro atoms. The molecule has 0 aliphatic carbocycles. The molecular formula is C22H17N5O4. The maximum Gasteiger partial charge on any atom is 0.323 e. The minimum absolute atomic E-state index is 0.103. The number of carbonyl (C=O) groups excluding carboxylic acids is 3. The Hall–Kier alpha value is -4.32. The first-order valence-electron chi connectivity index (χ1n) is 9.54. The van der Waals surface area contributed by atoms with Crippen molar-refractivity contribution in [2.75, 3.05) is 13.7 Å². The summed E-state index contributed by atoms with van der Waals surface area (Å²) in [5.41, 5.74) is 0.902. The lowest BCUT2D eigenvalue weighted by molar-refractivity contribution is -0.122. The molecule has 1 saturated heterocycles. The molecule has 4 heterocycles. The zero-order valence-electron chi connectivity index (χ0n) is 16.5. The van der Waals surface area contributed by atoms with Gasteiger partial charge in [0.15, 0.2) is 0 Å². The van der Waals surface area contributed by atoms with Crippen LogP contribution in [0.15, 0.2) is 42.7 Å². The molecule has 154 valence electrons. The van der Waals surface area contributed by atoms with Crippen LogP contribution in [-0.4, -0.2) is 51.9 Å². The second-order valence-electron chi connectivity index (χ2n) is 7.35. The van der Waals surface area contributed by atoms with Crippen molar-refractivity contribution in [3.63, 3.8) is 0 Å². The molecule has 31 heavy (non-hydrogen) atoms. The van der Waals surface area contributed by atoms with Crippen LogP contribution in [0.5, 0.6) is 5.75 Å². The number of pyridine rings is 1. The molecule has 5 rings (SSSR count). The monoisotopic (exact) mass is 415 g/mol. The number of aromatic nitrogens is 2. The van der Waals surface area contributed by atoms with Crippen molar-refractivity contribution in [1.29, 1.82) is 0 Å². The molecule has 2 aliphatic rings. The Morgan fingerprint density at radius 1 is 1.23 bits per heavy atom. The second-order valence-corrected chi connectivity index (χ2v) is 7.35. The van der Waals surface area contributed by atoms with Gasteiger partial charge >= 0.3 is 6.03 Å². The predicted octanol–water partition coefficient (Wildman–Crippen LogP) is 1.16. The Morgan fingerprint density at radius 3 is 2.87 bits per heavy atom. The molecule has 2 aliphatic heterocycles. The molecule has 1 atom stereocenters. The molecule has 4 amide bonds. The highest BCUT2D eigenvalue weighted by molar-refractivity contribution is 6.10. The van der Waals surface area contributed by atoms with Crippen LogP contribution in [0.1, 0.15) is 21.6 Å². The first-order valence-corrected chi connectivity index (χ1v) is 9.54. The minimum Gasteiger partial charge on any atom is -0.497 e. The number of hydrogen-bond donors (Lipinski definition) is 3. The van der Waals surface area contributed by atoms with Crippen molar-refractivity contribution in [3.05, 3.63) is 59.5 Å². The predicted molar refractivity (Wildman–Crippen MR) is 110 cm³/mol. The van der Waals surface area contributed by atoms with Crippen molar-refractivity contribution in [3.8, 4) is 17.6 Å². The van der Waals surface area contributed by atoms with Gasteiger partial charge in [0.25, 0.3) is 11.8 Å². The van der Waals surface area contributed by atoms with Gasteiger partial charge in [0.05, 0.1) is 19.2 Å². The smallest absolute Gasteiger partial charge is 0.323 e. The number of H-pyrrole nitrogens is 1. The van der Waals surface area contributed by atoms with Crippen LogP contribution in [0.3, 0.4) is 0 Å². The van der Waals surface area contributed by atoms with Crippen LogP contribution in [0.2, 0.25) is 0 Å². The SMILES string of the molecule is COc1ccc2c(c1)C(=O)N(C[C@@]1(C#Cc3nccc4cc[nH]c34)NC(=O)NC1=O)C2. The number of fused-ring (bicyclic) bond motifs is 2.